The van der Waals surface area contributed by atoms with Crippen LogP contribution in [-0.4, -0.2) is 45.5 Å². The van der Waals surface area contributed by atoms with Crippen molar-refractivity contribution in [3.8, 4) is 0 Å². The van der Waals surface area contributed by atoms with Crippen LogP contribution in [0.4, 0.5) is 0 Å². The van der Waals surface area contributed by atoms with Crippen LogP contribution in [0.3, 0.4) is 0 Å². The second kappa shape index (κ2) is 8.12. The van der Waals surface area contributed by atoms with E-state index in [9.17, 15) is 4.79 Å². The van der Waals surface area contributed by atoms with Crippen molar-refractivity contribution in [3.63, 3.8) is 0 Å². The van der Waals surface area contributed by atoms with Crippen LogP contribution in [0.1, 0.15) is 13.8 Å². The highest BCUT2D eigenvalue weighted by Crippen LogP contribution is 2.08. The summed E-state index contributed by atoms with van der Waals surface area (Å²) in [5.41, 5.74) is 5.11. The quantitative estimate of drug-likeness (QED) is 0.582. The summed E-state index contributed by atoms with van der Waals surface area (Å²) in [6.45, 7) is 6.08. The van der Waals surface area contributed by atoms with Crippen LogP contribution >= 0.6 is 0 Å². The van der Waals surface area contributed by atoms with Crippen LogP contribution in [-0.2, 0) is 18.1 Å². The van der Waals surface area contributed by atoms with E-state index in [-0.39, 0.29) is 17.5 Å². The van der Waals surface area contributed by atoms with E-state index >= 15 is 0 Å². The standard InChI is InChI=1S/C7H17NO4Si.H4Si/c1-4-10-13(3,11-5-2)12-7(9)6-8;/h4-6,8H2,1-3H3;1H4. The van der Waals surface area contributed by atoms with Gasteiger partial charge in [-0.3, -0.25) is 4.79 Å². The van der Waals surface area contributed by atoms with Crippen molar-refractivity contribution in [1.82, 2.24) is 0 Å². The average molecular weight is 239 g/mol. The number of rotatable bonds is 6. The molecular formula is C7H21NO4Si2. The summed E-state index contributed by atoms with van der Waals surface area (Å²) >= 11 is 0. The van der Waals surface area contributed by atoms with Gasteiger partial charge in [0.25, 0.3) is 0 Å². The first-order valence-corrected chi connectivity index (χ1v) is 6.50. The molecule has 14 heavy (non-hydrogen) atoms. The lowest BCUT2D eigenvalue weighted by atomic mass is 10.7. The third kappa shape index (κ3) is 6.27. The van der Waals surface area contributed by atoms with Gasteiger partial charge in [0.1, 0.15) is 0 Å². The van der Waals surface area contributed by atoms with Crippen LogP contribution in [0, 0.1) is 0 Å². The van der Waals surface area contributed by atoms with Crippen molar-refractivity contribution >= 4 is 25.7 Å². The topological polar surface area (TPSA) is 70.8 Å². The summed E-state index contributed by atoms with van der Waals surface area (Å²) < 4.78 is 15.5. The van der Waals surface area contributed by atoms with Gasteiger partial charge in [0.15, 0.2) is 0 Å². The number of nitrogens with two attached hydrogens (primary N) is 1. The van der Waals surface area contributed by atoms with Gasteiger partial charge in [-0.05, 0) is 24.8 Å². The molecule has 2 N–H and O–H groups in total. The molecule has 0 aliphatic rings. The highest BCUT2D eigenvalue weighted by molar-refractivity contribution is 6.60. The van der Waals surface area contributed by atoms with Gasteiger partial charge < -0.3 is 19.0 Å². The molecule has 0 heterocycles. The fourth-order valence-corrected chi connectivity index (χ4v) is 2.62. The number of hydrogen-bond acceptors (Lipinski definition) is 5. The summed E-state index contributed by atoms with van der Waals surface area (Å²) in [6.07, 6.45) is 0. The third-order valence-electron chi connectivity index (χ3n) is 1.28. The van der Waals surface area contributed by atoms with Gasteiger partial charge in [-0.2, -0.15) is 0 Å². The Labute approximate surface area is 90.3 Å². The van der Waals surface area contributed by atoms with Gasteiger partial charge in [-0.1, -0.05) is 0 Å². The van der Waals surface area contributed by atoms with Crippen LogP contribution < -0.4 is 5.73 Å². The highest BCUT2D eigenvalue weighted by Gasteiger charge is 2.37. The molecular weight excluding hydrogens is 218 g/mol. The molecule has 5 nitrogen and oxygen atoms in total. The van der Waals surface area contributed by atoms with E-state index in [1.165, 1.54) is 0 Å². The molecule has 0 radical (unpaired) electrons. The van der Waals surface area contributed by atoms with Crippen molar-refractivity contribution < 1.29 is 18.1 Å². The minimum absolute atomic E-state index is 0. The van der Waals surface area contributed by atoms with Crippen LogP contribution in [0.5, 0.6) is 0 Å². The molecule has 0 bridgehead atoms. The Hall–Kier alpha value is -0.216. The van der Waals surface area contributed by atoms with E-state index in [0.717, 1.165) is 0 Å². The van der Waals surface area contributed by atoms with Gasteiger partial charge in [0.2, 0.25) is 0 Å². The van der Waals surface area contributed by atoms with E-state index in [0.29, 0.717) is 13.2 Å². The Morgan fingerprint density at radius 1 is 1.29 bits per heavy atom. The van der Waals surface area contributed by atoms with E-state index < -0.39 is 14.8 Å². The zero-order valence-corrected chi connectivity index (χ0v) is 9.33. The Morgan fingerprint density at radius 2 is 1.71 bits per heavy atom. The van der Waals surface area contributed by atoms with Gasteiger partial charge in [0.05, 0.1) is 6.54 Å². The summed E-state index contributed by atoms with van der Waals surface area (Å²) in [6, 6.07) is 0. The smallest absolute Gasteiger partial charge is 0.472 e. The van der Waals surface area contributed by atoms with Crippen LogP contribution in [0.15, 0.2) is 0 Å². The van der Waals surface area contributed by atoms with Gasteiger partial charge >= 0.3 is 14.8 Å². The van der Waals surface area contributed by atoms with Crippen LogP contribution in [0.25, 0.3) is 0 Å². The third-order valence-corrected chi connectivity index (χ3v) is 3.50. The maximum atomic E-state index is 10.9. The molecule has 0 fully saturated rings. The predicted molar refractivity (Wildman–Crippen MR) is 61.4 cm³/mol. The predicted octanol–water partition coefficient (Wildman–Crippen LogP) is -1.32. The Bertz CT molecular complexity index is 162. The van der Waals surface area contributed by atoms with Gasteiger partial charge in [-0.15, -0.1) is 0 Å². The van der Waals surface area contributed by atoms with E-state index in [1.54, 1.807) is 6.55 Å². The van der Waals surface area contributed by atoms with Crippen molar-refractivity contribution in [1.29, 1.82) is 0 Å². The molecule has 0 unspecified atom stereocenters. The van der Waals surface area contributed by atoms with Gasteiger partial charge in [0, 0.05) is 19.8 Å². The molecule has 0 aliphatic carbocycles. The lowest BCUT2D eigenvalue weighted by Crippen LogP contribution is -2.45. The Balaban J connectivity index is 0. The largest absolute Gasteiger partial charge is 0.564 e. The molecule has 0 saturated carbocycles. The van der Waals surface area contributed by atoms with Crippen LogP contribution in [0.2, 0.25) is 6.55 Å². The van der Waals surface area contributed by atoms with Gasteiger partial charge in [-0.25, -0.2) is 0 Å². The molecule has 7 heteroatoms. The summed E-state index contributed by atoms with van der Waals surface area (Å²) in [7, 11) is -2.76. The maximum absolute atomic E-state index is 10.9. The van der Waals surface area contributed by atoms with E-state index in [4.69, 9.17) is 19.0 Å². The number of hydrogen-bond donors (Lipinski definition) is 1. The lowest BCUT2D eigenvalue weighted by molar-refractivity contribution is -0.137. The molecule has 0 spiro atoms. The molecule has 0 aliphatic heterocycles. The minimum atomic E-state index is -2.76. The average Bonchev–Trinajstić information content (AvgIpc) is 2.04. The first-order valence-electron chi connectivity index (χ1n) is 4.27. The van der Waals surface area contributed by atoms with E-state index in [1.807, 2.05) is 13.8 Å². The Kier molecular flexibility index (Phi) is 9.41. The first kappa shape index (κ1) is 16.2. The second-order valence-corrected chi connectivity index (χ2v) is 4.91. The van der Waals surface area contributed by atoms with Crippen molar-refractivity contribution in [3.05, 3.63) is 0 Å². The molecule has 0 aromatic carbocycles. The molecule has 0 aromatic heterocycles. The van der Waals surface area contributed by atoms with E-state index in [2.05, 4.69) is 0 Å². The molecule has 0 rings (SSSR count). The first-order chi connectivity index (χ1) is 6.08. The molecule has 86 valence electrons. The summed E-state index contributed by atoms with van der Waals surface area (Å²) in [5.74, 6) is -0.490. The SMILES string of the molecule is CCO[Si](C)(OCC)OC(=O)CN.[SiH4]. The molecule has 0 atom stereocenters. The summed E-state index contributed by atoms with van der Waals surface area (Å²) in [4.78, 5) is 10.9. The molecule has 0 amide bonds. The highest BCUT2D eigenvalue weighted by atomic mass is 28.4. The second-order valence-electron chi connectivity index (χ2n) is 2.41. The normalized spacial score (nSPS) is 10.6. The lowest BCUT2D eigenvalue weighted by Gasteiger charge is -2.23. The number of carbonyl (C=O) groups excluding carboxylic acids is 1. The Morgan fingerprint density at radius 3 is 2.00 bits per heavy atom. The van der Waals surface area contributed by atoms with Crippen molar-refractivity contribution in [2.75, 3.05) is 19.8 Å². The zero-order chi connectivity index (χ0) is 10.3. The fourth-order valence-electron chi connectivity index (χ4n) is 0.873. The minimum Gasteiger partial charge on any atom is -0.472 e. The van der Waals surface area contributed by atoms with Crippen molar-refractivity contribution in [2.24, 2.45) is 5.73 Å². The monoisotopic (exact) mass is 239 g/mol. The number of carbonyl (C=O) groups is 1. The molecule has 0 aromatic rings. The zero-order valence-electron chi connectivity index (χ0n) is 8.33. The molecule has 0 saturated heterocycles. The van der Waals surface area contributed by atoms with Crippen molar-refractivity contribution in [2.45, 2.75) is 20.4 Å². The maximum Gasteiger partial charge on any atom is 0.564 e. The summed E-state index contributed by atoms with van der Waals surface area (Å²) in [5, 5.41) is 0. The fraction of sp³-hybridized carbons (Fsp3) is 0.857.